The van der Waals surface area contributed by atoms with Gasteiger partial charge in [-0.2, -0.15) is 5.10 Å². The summed E-state index contributed by atoms with van der Waals surface area (Å²) in [4.78, 5) is 12.1. The normalized spacial score (nSPS) is 13.4. The predicted molar refractivity (Wildman–Crippen MR) is 37.8 cm³/mol. The Bertz CT molecular complexity index is 249. The number of aromatic nitrogens is 3. The van der Waals surface area contributed by atoms with Gasteiger partial charge in [-0.25, -0.2) is 9.90 Å². The van der Waals surface area contributed by atoms with Crippen molar-refractivity contribution < 1.29 is 0 Å². The fourth-order valence-electron chi connectivity index (χ4n) is 0.682. The van der Waals surface area contributed by atoms with Crippen molar-refractivity contribution in [1.82, 2.24) is 15.0 Å². The summed E-state index contributed by atoms with van der Waals surface area (Å²) in [5.41, 5.74) is -0.139. The van der Waals surface area contributed by atoms with E-state index in [0.29, 0.717) is 0 Å². The smallest absolute Gasteiger partial charge is 0.266 e. The van der Waals surface area contributed by atoms with Gasteiger partial charge in [-0.05, 0) is 13.3 Å². The van der Waals surface area contributed by atoms with E-state index < -0.39 is 0 Å². The maximum Gasteiger partial charge on any atom is 0.284 e. The van der Waals surface area contributed by atoms with Crippen LogP contribution in [0, 0.1) is 0 Å². The highest BCUT2D eigenvalue weighted by molar-refractivity contribution is 4.66. The summed E-state index contributed by atoms with van der Waals surface area (Å²) in [6.07, 6.45) is 2.25. The number of hydrogen-bond donors (Lipinski definition) is 1. The van der Waals surface area contributed by atoms with Gasteiger partial charge < -0.3 is 0 Å². The lowest BCUT2D eigenvalue weighted by atomic mass is 10.3. The van der Waals surface area contributed by atoms with Crippen molar-refractivity contribution in [2.45, 2.75) is 26.3 Å². The Hall–Kier alpha value is -1.06. The molecule has 0 aliphatic carbocycles. The molecule has 1 rings (SSSR count). The van der Waals surface area contributed by atoms with Crippen molar-refractivity contribution in [3.8, 4) is 0 Å². The zero-order chi connectivity index (χ0) is 7.56. The summed E-state index contributed by atoms with van der Waals surface area (Å²) in [6.45, 7) is 4.05. The van der Waals surface area contributed by atoms with E-state index in [1.165, 1.54) is 6.20 Å². The van der Waals surface area contributed by atoms with Crippen LogP contribution in [0.2, 0.25) is 0 Å². The number of nitrogens with one attached hydrogen (secondary N) is 1. The largest absolute Gasteiger partial charge is 0.284 e. The Balaban J connectivity index is 2.84. The molecule has 10 heavy (non-hydrogen) atoms. The third kappa shape index (κ3) is 1.26. The van der Waals surface area contributed by atoms with Crippen LogP contribution in [0.15, 0.2) is 11.0 Å². The molecule has 1 heterocycles. The SMILES string of the molecule is CCC(C)n1ncc(=O)[nH]1. The minimum Gasteiger partial charge on any atom is -0.266 e. The first-order valence-corrected chi connectivity index (χ1v) is 3.38. The summed E-state index contributed by atoms with van der Waals surface area (Å²) in [5.74, 6) is 0. The van der Waals surface area contributed by atoms with Crippen LogP contribution in [0.1, 0.15) is 26.3 Å². The van der Waals surface area contributed by atoms with E-state index in [0.717, 1.165) is 6.42 Å². The highest BCUT2D eigenvalue weighted by Gasteiger charge is 2.00. The van der Waals surface area contributed by atoms with E-state index >= 15 is 0 Å². The third-order valence-electron chi connectivity index (χ3n) is 1.53. The van der Waals surface area contributed by atoms with Gasteiger partial charge in [0, 0.05) is 0 Å². The van der Waals surface area contributed by atoms with Gasteiger partial charge in [0.25, 0.3) is 5.56 Å². The molecule has 4 nitrogen and oxygen atoms in total. The second kappa shape index (κ2) is 2.68. The molecule has 0 saturated heterocycles. The van der Waals surface area contributed by atoms with E-state index in [1.54, 1.807) is 4.80 Å². The molecule has 0 aliphatic heterocycles. The van der Waals surface area contributed by atoms with Crippen LogP contribution >= 0.6 is 0 Å². The highest BCUT2D eigenvalue weighted by Crippen LogP contribution is 2.02. The fraction of sp³-hybridized carbons (Fsp3) is 0.667. The van der Waals surface area contributed by atoms with Crippen LogP contribution in [0.25, 0.3) is 0 Å². The minimum atomic E-state index is -0.139. The number of aromatic amines is 1. The van der Waals surface area contributed by atoms with Crippen LogP contribution in [-0.4, -0.2) is 15.0 Å². The Morgan fingerprint density at radius 1 is 1.90 bits per heavy atom. The second-order valence-corrected chi connectivity index (χ2v) is 2.32. The molecule has 0 aromatic carbocycles. The Kier molecular flexibility index (Phi) is 1.89. The maximum atomic E-state index is 10.6. The van der Waals surface area contributed by atoms with Crippen LogP contribution < -0.4 is 5.56 Å². The standard InChI is InChI=1S/C6H11N3O/c1-3-5(2)9-7-4-6(10)8-9/h4-5H,3H2,1-2H3,(H,8,10). The molecular formula is C6H11N3O. The lowest BCUT2D eigenvalue weighted by Crippen LogP contribution is -2.10. The molecule has 0 saturated carbocycles. The zero-order valence-electron chi connectivity index (χ0n) is 6.16. The molecule has 1 aromatic heterocycles. The molecule has 0 amide bonds. The number of rotatable bonds is 2. The molecule has 1 unspecified atom stereocenters. The van der Waals surface area contributed by atoms with Gasteiger partial charge in [0.2, 0.25) is 0 Å². The maximum absolute atomic E-state index is 10.6. The van der Waals surface area contributed by atoms with E-state index in [1.807, 2.05) is 13.8 Å². The first-order valence-electron chi connectivity index (χ1n) is 3.38. The Labute approximate surface area is 58.8 Å². The third-order valence-corrected chi connectivity index (χ3v) is 1.53. The summed E-state index contributed by atoms with van der Waals surface area (Å²) < 4.78 is 0. The Morgan fingerprint density at radius 2 is 2.60 bits per heavy atom. The predicted octanol–water partition coefficient (Wildman–Crippen LogP) is 0.542. The molecule has 0 spiro atoms. The molecule has 0 radical (unpaired) electrons. The van der Waals surface area contributed by atoms with E-state index in [4.69, 9.17) is 0 Å². The van der Waals surface area contributed by atoms with Gasteiger partial charge >= 0.3 is 0 Å². The van der Waals surface area contributed by atoms with Gasteiger partial charge in [-0.3, -0.25) is 4.79 Å². The average molecular weight is 141 g/mol. The molecule has 0 bridgehead atoms. The van der Waals surface area contributed by atoms with Gasteiger partial charge in [0.05, 0.1) is 6.04 Å². The fourth-order valence-corrected chi connectivity index (χ4v) is 0.682. The molecule has 56 valence electrons. The molecule has 0 aliphatic rings. The molecule has 1 N–H and O–H groups in total. The summed E-state index contributed by atoms with van der Waals surface area (Å²) in [5, 5.41) is 6.41. The average Bonchev–Trinajstić information content (AvgIpc) is 2.34. The molecule has 0 fully saturated rings. The first kappa shape index (κ1) is 7.05. The molecule has 4 heteroatoms. The number of hydrogen-bond acceptors (Lipinski definition) is 2. The van der Waals surface area contributed by atoms with Crippen LogP contribution in [-0.2, 0) is 0 Å². The van der Waals surface area contributed by atoms with Crippen molar-refractivity contribution >= 4 is 0 Å². The van der Waals surface area contributed by atoms with Gasteiger partial charge in [0.1, 0.15) is 6.20 Å². The quantitative estimate of drug-likeness (QED) is 0.653. The zero-order valence-corrected chi connectivity index (χ0v) is 6.16. The highest BCUT2D eigenvalue weighted by atomic mass is 16.1. The first-order chi connectivity index (χ1) is 4.74. The molecule has 1 aromatic rings. The lowest BCUT2D eigenvalue weighted by Gasteiger charge is -2.05. The van der Waals surface area contributed by atoms with Crippen LogP contribution in [0.4, 0.5) is 0 Å². The monoisotopic (exact) mass is 141 g/mol. The topological polar surface area (TPSA) is 50.7 Å². The van der Waals surface area contributed by atoms with Crippen molar-refractivity contribution in [2.24, 2.45) is 0 Å². The summed E-state index contributed by atoms with van der Waals surface area (Å²) in [6, 6.07) is 0.280. The number of H-pyrrole nitrogens is 1. The summed E-state index contributed by atoms with van der Waals surface area (Å²) >= 11 is 0. The van der Waals surface area contributed by atoms with Gasteiger partial charge in [-0.15, -0.1) is 0 Å². The van der Waals surface area contributed by atoms with Gasteiger partial charge in [-0.1, -0.05) is 6.92 Å². The van der Waals surface area contributed by atoms with Gasteiger partial charge in [0.15, 0.2) is 0 Å². The molecule has 1 atom stereocenters. The van der Waals surface area contributed by atoms with Crippen molar-refractivity contribution in [1.29, 1.82) is 0 Å². The van der Waals surface area contributed by atoms with Crippen molar-refractivity contribution in [3.05, 3.63) is 16.6 Å². The van der Waals surface area contributed by atoms with Crippen LogP contribution in [0.3, 0.4) is 0 Å². The van der Waals surface area contributed by atoms with E-state index in [-0.39, 0.29) is 11.6 Å². The second-order valence-electron chi connectivity index (χ2n) is 2.32. The van der Waals surface area contributed by atoms with E-state index in [2.05, 4.69) is 10.2 Å². The lowest BCUT2D eigenvalue weighted by molar-refractivity contribution is 0.421. The summed E-state index contributed by atoms with van der Waals surface area (Å²) in [7, 11) is 0. The van der Waals surface area contributed by atoms with Crippen LogP contribution in [0.5, 0.6) is 0 Å². The van der Waals surface area contributed by atoms with E-state index in [9.17, 15) is 4.79 Å². The minimum absolute atomic E-state index is 0.139. The van der Waals surface area contributed by atoms with Crippen molar-refractivity contribution in [2.75, 3.05) is 0 Å². The Morgan fingerprint density at radius 3 is 3.00 bits per heavy atom. The number of nitrogens with zero attached hydrogens (tertiary/aromatic N) is 2. The van der Waals surface area contributed by atoms with Crippen molar-refractivity contribution in [3.63, 3.8) is 0 Å². The molecular weight excluding hydrogens is 130 g/mol.